The molecule has 2 aromatic heterocycles. The number of nitrogens with zero attached hydrogens (tertiary/aromatic N) is 2. The molecule has 0 unspecified atom stereocenters. The highest BCUT2D eigenvalue weighted by Crippen LogP contribution is 2.73. The molecule has 0 aliphatic rings. The fraction of sp³-hybridized carbons (Fsp3) is 0.0417. The molecule has 2 nitrogen and oxygen atoms in total. The normalized spacial score (nSPS) is 13.0. The van der Waals surface area contributed by atoms with Crippen molar-refractivity contribution in [1.29, 1.82) is 0 Å². The number of allylic oxidation sites excluding steroid dienone is 4. The van der Waals surface area contributed by atoms with Crippen LogP contribution in [0, 0.1) is 0 Å². The summed E-state index contributed by atoms with van der Waals surface area (Å²) in [5.41, 5.74) is 6.06. The third kappa shape index (κ3) is 5.12. The van der Waals surface area contributed by atoms with Crippen molar-refractivity contribution < 1.29 is 0 Å². The fourth-order valence-electron chi connectivity index (χ4n) is 7.94. The maximum atomic E-state index is 2.48. The highest BCUT2D eigenvalue weighted by molar-refractivity contribution is 8.36. The molecule has 51 heavy (non-hydrogen) atoms. The van der Waals surface area contributed by atoms with Gasteiger partial charge in [-0.1, -0.05) is 127 Å². The second-order valence-corrected chi connectivity index (χ2v) is 16.2. The number of hydrogen-bond donors (Lipinski definition) is 0. The van der Waals surface area contributed by atoms with Crippen LogP contribution in [0.3, 0.4) is 0 Å². The first kappa shape index (κ1) is 31.0. The third-order valence-electron chi connectivity index (χ3n) is 10.1. The van der Waals surface area contributed by atoms with Gasteiger partial charge in [-0.25, -0.2) is 0 Å². The number of aromatic nitrogens is 2. The standard InChI is InChI=1S/C48H38N2S/c1-36(51(38-19-5-2-6-20-38,39-21-7-3-8-22-39)40-23-9-4-10-24-40)35-37(50-47-31-17-13-27-43(47)44-28-14-18-32-48(44)50)33-34-49-45-29-15-11-25-41(45)42-26-12-16-30-46(42)49/h2-33,35H,34H2,1H3/b36-35+,37-33+. The maximum Gasteiger partial charge on any atom is 0.0540 e. The van der Waals surface area contributed by atoms with Crippen molar-refractivity contribution in [3.63, 3.8) is 0 Å². The topological polar surface area (TPSA) is 9.86 Å². The van der Waals surface area contributed by atoms with Crippen molar-refractivity contribution in [2.24, 2.45) is 0 Å². The summed E-state index contributed by atoms with van der Waals surface area (Å²) in [5, 5.41) is 5.09. The Bertz CT molecular complexity index is 2510. The van der Waals surface area contributed by atoms with Crippen LogP contribution in [0.4, 0.5) is 0 Å². The van der Waals surface area contributed by atoms with Crippen molar-refractivity contribution in [1.82, 2.24) is 9.13 Å². The van der Waals surface area contributed by atoms with Crippen LogP contribution >= 0.6 is 10.0 Å². The van der Waals surface area contributed by atoms with Gasteiger partial charge >= 0.3 is 0 Å². The van der Waals surface area contributed by atoms with Crippen LogP contribution in [0.1, 0.15) is 6.92 Å². The van der Waals surface area contributed by atoms with Crippen molar-refractivity contribution in [2.45, 2.75) is 28.2 Å². The molecule has 0 aliphatic heterocycles. The van der Waals surface area contributed by atoms with Crippen molar-refractivity contribution in [3.8, 4) is 0 Å². The van der Waals surface area contributed by atoms with E-state index in [1.54, 1.807) is 0 Å². The first-order valence-electron chi connectivity index (χ1n) is 17.6. The summed E-state index contributed by atoms with van der Waals surface area (Å²) < 4.78 is 4.95. The predicted octanol–water partition coefficient (Wildman–Crippen LogP) is 13.3. The van der Waals surface area contributed by atoms with E-state index in [0.717, 1.165) is 12.2 Å². The van der Waals surface area contributed by atoms with E-state index in [4.69, 9.17) is 0 Å². The van der Waals surface area contributed by atoms with Gasteiger partial charge in [0.15, 0.2) is 0 Å². The van der Waals surface area contributed by atoms with E-state index in [0.29, 0.717) is 0 Å². The summed E-state index contributed by atoms with van der Waals surface area (Å²) in [5.74, 6) is 0. The molecule has 0 atom stereocenters. The molecule has 0 radical (unpaired) electrons. The SMILES string of the molecule is C/C(=C\C(=C/Cn1c2ccccc2c2ccccc21)n1c2ccccc2c2ccccc21)S(c1ccccc1)(c1ccccc1)c1ccccc1. The smallest absolute Gasteiger partial charge is 0.0540 e. The van der Waals surface area contributed by atoms with Crippen LogP contribution in [0.25, 0.3) is 49.3 Å². The van der Waals surface area contributed by atoms with Crippen LogP contribution in [0.5, 0.6) is 0 Å². The van der Waals surface area contributed by atoms with Crippen LogP contribution in [0.15, 0.2) is 220 Å². The molecule has 0 N–H and O–H groups in total. The Morgan fingerprint density at radius 3 is 1.18 bits per heavy atom. The lowest BCUT2D eigenvalue weighted by atomic mass is 10.2. The molecule has 2 heterocycles. The quantitative estimate of drug-likeness (QED) is 0.142. The molecule has 0 aliphatic carbocycles. The van der Waals surface area contributed by atoms with Gasteiger partial charge in [0.2, 0.25) is 0 Å². The Labute approximate surface area is 300 Å². The molecule has 246 valence electrons. The molecule has 7 aromatic carbocycles. The second-order valence-electron chi connectivity index (χ2n) is 13.0. The van der Waals surface area contributed by atoms with Gasteiger partial charge in [0.1, 0.15) is 0 Å². The summed E-state index contributed by atoms with van der Waals surface area (Å²) in [6, 6.07) is 68.6. The Morgan fingerprint density at radius 1 is 0.431 bits per heavy atom. The summed E-state index contributed by atoms with van der Waals surface area (Å²) in [6.45, 7) is 3.07. The molecular weight excluding hydrogens is 637 g/mol. The molecule has 0 spiro atoms. The van der Waals surface area contributed by atoms with E-state index in [2.05, 4.69) is 216 Å². The van der Waals surface area contributed by atoms with Crippen LogP contribution < -0.4 is 0 Å². The molecule has 3 heteroatoms. The molecule has 9 rings (SSSR count). The number of rotatable bonds is 8. The van der Waals surface area contributed by atoms with Crippen LogP contribution in [0.2, 0.25) is 0 Å². The summed E-state index contributed by atoms with van der Waals surface area (Å²) in [7, 11) is -1.85. The van der Waals surface area contributed by atoms with Gasteiger partial charge < -0.3 is 9.13 Å². The Kier molecular flexibility index (Phi) is 7.91. The molecule has 0 saturated heterocycles. The van der Waals surface area contributed by atoms with Gasteiger partial charge in [-0.3, -0.25) is 0 Å². The van der Waals surface area contributed by atoms with Crippen molar-refractivity contribution in [3.05, 3.63) is 205 Å². The van der Waals surface area contributed by atoms with E-state index >= 15 is 0 Å². The van der Waals surface area contributed by atoms with Gasteiger partial charge in [0, 0.05) is 59.5 Å². The van der Waals surface area contributed by atoms with E-state index < -0.39 is 10.0 Å². The highest BCUT2D eigenvalue weighted by Gasteiger charge is 2.33. The van der Waals surface area contributed by atoms with Crippen molar-refractivity contribution >= 4 is 59.3 Å². The minimum Gasteiger partial charge on any atom is -0.336 e. The minimum atomic E-state index is -1.85. The molecule has 0 amide bonds. The monoisotopic (exact) mass is 674 g/mol. The van der Waals surface area contributed by atoms with E-state index in [9.17, 15) is 0 Å². The number of hydrogen-bond acceptors (Lipinski definition) is 0. The highest BCUT2D eigenvalue weighted by atomic mass is 32.3. The Hall–Kier alpha value is -6.03. The van der Waals surface area contributed by atoms with Crippen LogP contribution in [-0.4, -0.2) is 9.13 Å². The molecule has 9 aromatic rings. The largest absolute Gasteiger partial charge is 0.336 e. The number of benzene rings is 7. The fourth-order valence-corrected chi connectivity index (χ4v) is 11.9. The van der Waals surface area contributed by atoms with Gasteiger partial charge in [-0.2, -0.15) is 0 Å². The molecular formula is C48H38N2S. The number of para-hydroxylation sites is 4. The van der Waals surface area contributed by atoms with E-state index in [1.807, 2.05) is 0 Å². The first-order chi connectivity index (χ1) is 25.2. The van der Waals surface area contributed by atoms with Crippen LogP contribution in [-0.2, 0) is 6.54 Å². The lowest BCUT2D eigenvalue weighted by Crippen LogP contribution is -2.07. The first-order valence-corrected chi connectivity index (χ1v) is 19.2. The molecule has 0 bridgehead atoms. The van der Waals surface area contributed by atoms with Gasteiger partial charge in [0.05, 0.1) is 11.0 Å². The summed E-state index contributed by atoms with van der Waals surface area (Å²) >= 11 is 0. The van der Waals surface area contributed by atoms with Gasteiger partial charge in [-0.15, -0.1) is 10.0 Å². The third-order valence-corrected chi connectivity index (χ3v) is 14.1. The summed E-state index contributed by atoms with van der Waals surface area (Å²) in [6.07, 6.45) is 4.92. The van der Waals surface area contributed by atoms with E-state index in [-0.39, 0.29) is 0 Å². The van der Waals surface area contributed by atoms with Gasteiger partial charge in [-0.05, 0) is 84.6 Å². The zero-order valence-electron chi connectivity index (χ0n) is 28.6. The predicted molar refractivity (Wildman–Crippen MR) is 219 cm³/mol. The lowest BCUT2D eigenvalue weighted by molar-refractivity contribution is 0.896. The number of fused-ring (bicyclic) bond motifs is 6. The maximum absolute atomic E-state index is 2.48. The zero-order chi connectivity index (χ0) is 34.2. The van der Waals surface area contributed by atoms with Gasteiger partial charge in [0.25, 0.3) is 0 Å². The average Bonchev–Trinajstić information content (AvgIpc) is 3.71. The minimum absolute atomic E-state index is 0.721. The summed E-state index contributed by atoms with van der Waals surface area (Å²) in [4.78, 5) is 5.28. The van der Waals surface area contributed by atoms with Crippen molar-refractivity contribution in [2.75, 3.05) is 0 Å². The average molecular weight is 675 g/mol. The van der Waals surface area contributed by atoms with E-state index in [1.165, 1.54) is 63.2 Å². The second kappa shape index (κ2) is 13.0. The Morgan fingerprint density at radius 2 is 0.765 bits per heavy atom. The lowest BCUT2D eigenvalue weighted by Gasteiger charge is -2.42. The molecule has 0 fully saturated rings. The molecule has 0 saturated carbocycles. The Balaban J connectivity index is 1.35. The zero-order valence-corrected chi connectivity index (χ0v) is 29.4.